The first-order valence-corrected chi connectivity index (χ1v) is 9.81. The quantitative estimate of drug-likeness (QED) is 0.480. The Morgan fingerprint density at radius 3 is 1.66 bits per heavy atom. The van der Waals surface area contributed by atoms with E-state index in [-0.39, 0.29) is 12.6 Å². The smallest absolute Gasteiger partial charge is 0.121 e. The van der Waals surface area contributed by atoms with Crippen LogP contribution in [0.1, 0.15) is 22.4 Å². The van der Waals surface area contributed by atoms with Crippen molar-refractivity contribution in [2.75, 3.05) is 6.61 Å². The van der Waals surface area contributed by atoms with Crippen molar-refractivity contribution in [1.29, 1.82) is 0 Å². The highest BCUT2D eigenvalue weighted by atomic mass is 16.3. The van der Waals surface area contributed by atoms with Crippen LogP contribution in [0.4, 0.5) is 0 Å². The van der Waals surface area contributed by atoms with E-state index in [0.29, 0.717) is 6.42 Å². The summed E-state index contributed by atoms with van der Waals surface area (Å²) in [5.41, 5.74) is 9.68. The summed E-state index contributed by atoms with van der Waals surface area (Å²) in [4.78, 5) is 4.62. The largest absolute Gasteiger partial charge is 0.395 e. The van der Waals surface area contributed by atoms with Crippen LogP contribution in [0.5, 0.6) is 0 Å². The number of benzene rings is 3. The summed E-state index contributed by atoms with van der Waals surface area (Å²) >= 11 is 0. The zero-order valence-corrected chi connectivity index (χ0v) is 16.2. The number of rotatable bonds is 7. The normalized spacial score (nSPS) is 12.6. The molecule has 29 heavy (non-hydrogen) atoms. The van der Waals surface area contributed by atoms with Gasteiger partial charge in [-0.05, 0) is 16.7 Å². The number of aromatic nitrogens is 2. The number of imidazole rings is 1. The van der Waals surface area contributed by atoms with E-state index in [4.69, 9.17) is 5.73 Å². The minimum atomic E-state index is -0.571. The molecule has 4 nitrogen and oxygen atoms in total. The van der Waals surface area contributed by atoms with E-state index in [1.54, 1.807) is 0 Å². The molecule has 1 heterocycles. The number of hydrogen-bond acceptors (Lipinski definition) is 3. The molecule has 4 rings (SSSR count). The fourth-order valence-corrected chi connectivity index (χ4v) is 3.97. The van der Waals surface area contributed by atoms with Gasteiger partial charge in [0.25, 0.3) is 0 Å². The zero-order chi connectivity index (χ0) is 20.1. The molecule has 3 aromatic carbocycles. The molecule has 0 aliphatic carbocycles. The number of aliphatic hydroxyl groups excluding tert-OH is 1. The Morgan fingerprint density at radius 2 is 1.24 bits per heavy atom. The third-order valence-electron chi connectivity index (χ3n) is 5.30. The zero-order valence-electron chi connectivity index (χ0n) is 16.2. The second-order valence-corrected chi connectivity index (χ2v) is 7.23. The molecule has 0 spiro atoms. The molecule has 4 aromatic rings. The van der Waals surface area contributed by atoms with Gasteiger partial charge in [-0.25, -0.2) is 4.98 Å². The van der Waals surface area contributed by atoms with Gasteiger partial charge in [0.2, 0.25) is 0 Å². The van der Waals surface area contributed by atoms with Gasteiger partial charge in [-0.1, -0.05) is 91.0 Å². The van der Waals surface area contributed by atoms with Gasteiger partial charge < -0.3 is 15.4 Å². The first-order chi connectivity index (χ1) is 14.2. The lowest BCUT2D eigenvalue weighted by Gasteiger charge is -2.37. The van der Waals surface area contributed by atoms with E-state index in [2.05, 4.69) is 82.3 Å². The molecular formula is C25H25N3O. The lowest BCUT2D eigenvalue weighted by Crippen LogP contribution is -2.37. The van der Waals surface area contributed by atoms with E-state index < -0.39 is 5.54 Å². The molecule has 0 aliphatic heterocycles. The van der Waals surface area contributed by atoms with Gasteiger partial charge in [-0.3, -0.25) is 0 Å². The monoisotopic (exact) mass is 383 g/mol. The molecule has 0 saturated carbocycles. The maximum Gasteiger partial charge on any atom is 0.121 e. The number of hydrogen-bond donors (Lipinski definition) is 2. The summed E-state index contributed by atoms with van der Waals surface area (Å²) in [6.07, 6.45) is 4.44. The van der Waals surface area contributed by atoms with Crippen LogP contribution in [0.25, 0.3) is 0 Å². The molecule has 0 aliphatic rings. The Hall–Kier alpha value is -3.21. The van der Waals surface area contributed by atoms with E-state index in [1.165, 1.54) is 0 Å². The van der Waals surface area contributed by atoms with Crippen molar-refractivity contribution < 1.29 is 5.11 Å². The van der Waals surface area contributed by atoms with Gasteiger partial charge in [-0.2, -0.15) is 0 Å². The molecule has 0 fully saturated rings. The predicted molar refractivity (Wildman–Crippen MR) is 116 cm³/mol. The number of nitrogens with zero attached hydrogens (tertiary/aromatic N) is 2. The van der Waals surface area contributed by atoms with Gasteiger partial charge in [0, 0.05) is 18.7 Å². The van der Waals surface area contributed by atoms with Crippen LogP contribution in [0.2, 0.25) is 0 Å². The molecule has 0 radical (unpaired) electrons. The van der Waals surface area contributed by atoms with Crippen LogP contribution >= 0.6 is 0 Å². The van der Waals surface area contributed by atoms with Crippen LogP contribution < -0.4 is 5.73 Å². The van der Waals surface area contributed by atoms with Crippen molar-refractivity contribution in [3.05, 3.63) is 126 Å². The Kier molecular flexibility index (Phi) is 5.56. The third kappa shape index (κ3) is 3.60. The average Bonchev–Trinajstić information content (AvgIpc) is 3.25. The van der Waals surface area contributed by atoms with E-state index in [9.17, 15) is 5.11 Å². The minimum absolute atomic E-state index is 0.0614. The molecule has 0 amide bonds. The molecule has 0 unspecified atom stereocenters. The first-order valence-electron chi connectivity index (χ1n) is 9.81. The van der Waals surface area contributed by atoms with Crippen molar-refractivity contribution in [2.24, 2.45) is 5.73 Å². The van der Waals surface area contributed by atoms with Crippen LogP contribution in [-0.2, 0) is 12.0 Å². The molecule has 1 aromatic heterocycles. The minimum Gasteiger partial charge on any atom is -0.395 e. The van der Waals surface area contributed by atoms with E-state index in [0.717, 1.165) is 22.4 Å². The Morgan fingerprint density at radius 1 is 0.793 bits per heavy atom. The standard InChI is InChI=1S/C25H25N3O/c26-23(18-29)16-24-17-28(19-27-24)25(20-10-4-1-5-11-20,21-12-6-2-7-13-21)22-14-8-3-9-15-22/h1-15,17,19,23,29H,16,18,26H2/t23-/m0/s1. The first kappa shape index (κ1) is 19.1. The van der Waals surface area contributed by atoms with Gasteiger partial charge in [0.1, 0.15) is 5.54 Å². The Labute approximate surface area is 171 Å². The number of nitrogens with two attached hydrogens (primary N) is 1. The maximum absolute atomic E-state index is 9.34. The Bertz CT molecular complexity index is 933. The molecule has 3 N–H and O–H groups in total. The van der Waals surface area contributed by atoms with Crippen LogP contribution in [0, 0.1) is 0 Å². The van der Waals surface area contributed by atoms with Gasteiger partial charge in [0.15, 0.2) is 0 Å². The summed E-state index contributed by atoms with van der Waals surface area (Å²) in [6.45, 7) is -0.0614. The number of aliphatic hydroxyl groups is 1. The molecule has 146 valence electrons. The fraction of sp³-hybridized carbons (Fsp3) is 0.160. The van der Waals surface area contributed by atoms with Crippen molar-refractivity contribution in [3.63, 3.8) is 0 Å². The van der Waals surface area contributed by atoms with Crippen molar-refractivity contribution in [3.8, 4) is 0 Å². The van der Waals surface area contributed by atoms with Gasteiger partial charge in [0.05, 0.1) is 18.6 Å². The topological polar surface area (TPSA) is 64.1 Å². The van der Waals surface area contributed by atoms with Crippen molar-refractivity contribution >= 4 is 0 Å². The average molecular weight is 383 g/mol. The Balaban J connectivity index is 1.99. The SMILES string of the molecule is N[C@H](CO)Cc1cn(C(c2ccccc2)(c2ccccc2)c2ccccc2)cn1. The van der Waals surface area contributed by atoms with Gasteiger partial charge in [-0.15, -0.1) is 0 Å². The maximum atomic E-state index is 9.34. The highest BCUT2D eigenvalue weighted by Crippen LogP contribution is 2.40. The van der Waals surface area contributed by atoms with Crippen molar-refractivity contribution in [1.82, 2.24) is 9.55 Å². The third-order valence-corrected chi connectivity index (χ3v) is 5.30. The van der Waals surface area contributed by atoms with Crippen LogP contribution in [-0.4, -0.2) is 27.3 Å². The lowest BCUT2D eigenvalue weighted by atomic mass is 9.77. The summed E-state index contributed by atoms with van der Waals surface area (Å²) in [6, 6.07) is 31.1. The van der Waals surface area contributed by atoms with E-state index >= 15 is 0 Å². The second-order valence-electron chi connectivity index (χ2n) is 7.23. The van der Waals surface area contributed by atoms with E-state index in [1.807, 2.05) is 30.7 Å². The van der Waals surface area contributed by atoms with Gasteiger partial charge >= 0.3 is 0 Å². The van der Waals surface area contributed by atoms with Crippen LogP contribution in [0.3, 0.4) is 0 Å². The highest BCUT2D eigenvalue weighted by Gasteiger charge is 2.38. The molecule has 4 heteroatoms. The molecule has 0 bridgehead atoms. The van der Waals surface area contributed by atoms with Crippen molar-refractivity contribution in [2.45, 2.75) is 18.0 Å². The molecular weight excluding hydrogens is 358 g/mol. The summed E-state index contributed by atoms with van der Waals surface area (Å²) in [5.74, 6) is 0. The summed E-state index contributed by atoms with van der Waals surface area (Å²) in [7, 11) is 0. The highest BCUT2D eigenvalue weighted by molar-refractivity contribution is 5.50. The second kappa shape index (κ2) is 8.43. The lowest BCUT2D eigenvalue weighted by molar-refractivity contribution is 0.264. The van der Waals surface area contributed by atoms with Crippen LogP contribution in [0.15, 0.2) is 104 Å². The fourth-order valence-electron chi connectivity index (χ4n) is 3.97. The summed E-state index contributed by atoms with van der Waals surface area (Å²) in [5, 5.41) is 9.34. The molecule has 0 saturated heterocycles. The summed E-state index contributed by atoms with van der Waals surface area (Å²) < 4.78 is 2.16. The molecule has 1 atom stereocenters. The predicted octanol–water partition coefficient (Wildman–Crippen LogP) is 3.59.